The molecule has 0 aliphatic heterocycles. The standard InChI is InChI=1S/C10H17N3O2/c1-4-15-10(14)5-9(11)8-6-12-13(3)7(8)2/h6,9H,4-5,11H2,1-3H3/t9-/m0/s1. The summed E-state index contributed by atoms with van der Waals surface area (Å²) in [5, 5.41) is 4.08. The Morgan fingerprint density at radius 2 is 2.40 bits per heavy atom. The molecular weight excluding hydrogens is 194 g/mol. The summed E-state index contributed by atoms with van der Waals surface area (Å²) in [6, 6.07) is -0.335. The highest BCUT2D eigenvalue weighted by Gasteiger charge is 2.16. The van der Waals surface area contributed by atoms with E-state index in [2.05, 4.69) is 5.10 Å². The van der Waals surface area contributed by atoms with Gasteiger partial charge in [-0.05, 0) is 13.8 Å². The fourth-order valence-electron chi connectivity index (χ4n) is 1.39. The third kappa shape index (κ3) is 2.79. The minimum Gasteiger partial charge on any atom is -0.466 e. The van der Waals surface area contributed by atoms with Gasteiger partial charge in [0.25, 0.3) is 0 Å². The number of esters is 1. The molecule has 0 radical (unpaired) electrons. The second-order valence-corrected chi connectivity index (χ2v) is 3.42. The number of aryl methyl sites for hydroxylation is 1. The maximum absolute atomic E-state index is 11.2. The van der Waals surface area contributed by atoms with Crippen molar-refractivity contribution in [3.63, 3.8) is 0 Å². The number of hydrogen-bond acceptors (Lipinski definition) is 4. The highest BCUT2D eigenvalue weighted by molar-refractivity contribution is 5.70. The number of aromatic nitrogens is 2. The Balaban J connectivity index is 2.65. The molecule has 15 heavy (non-hydrogen) atoms. The van der Waals surface area contributed by atoms with E-state index in [1.807, 2.05) is 14.0 Å². The summed E-state index contributed by atoms with van der Waals surface area (Å²) in [7, 11) is 1.84. The summed E-state index contributed by atoms with van der Waals surface area (Å²) in [5.74, 6) is -0.270. The van der Waals surface area contributed by atoms with Gasteiger partial charge in [0.1, 0.15) is 0 Å². The molecular formula is C10H17N3O2. The smallest absolute Gasteiger partial charge is 0.307 e. The molecule has 0 amide bonds. The Labute approximate surface area is 89.2 Å². The number of rotatable bonds is 4. The molecule has 0 fully saturated rings. The van der Waals surface area contributed by atoms with Crippen molar-refractivity contribution in [2.45, 2.75) is 26.3 Å². The Kier molecular flexibility index (Phi) is 3.85. The first-order valence-electron chi connectivity index (χ1n) is 4.96. The number of ether oxygens (including phenoxy) is 1. The van der Waals surface area contributed by atoms with Crippen LogP contribution in [-0.2, 0) is 16.6 Å². The van der Waals surface area contributed by atoms with E-state index in [4.69, 9.17) is 10.5 Å². The molecule has 1 heterocycles. The van der Waals surface area contributed by atoms with Crippen molar-refractivity contribution in [1.29, 1.82) is 0 Å². The number of hydrogen-bond donors (Lipinski definition) is 1. The van der Waals surface area contributed by atoms with Crippen LogP contribution in [-0.4, -0.2) is 22.4 Å². The van der Waals surface area contributed by atoms with Gasteiger partial charge in [-0.15, -0.1) is 0 Å². The number of nitrogens with zero attached hydrogens (tertiary/aromatic N) is 2. The number of nitrogens with two attached hydrogens (primary N) is 1. The van der Waals surface area contributed by atoms with Crippen LogP contribution in [0.25, 0.3) is 0 Å². The predicted molar refractivity (Wildman–Crippen MR) is 56.1 cm³/mol. The molecule has 5 nitrogen and oxygen atoms in total. The van der Waals surface area contributed by atoms with Crippen molar-refractivity contribution < 1.29 is 9.53 Å². The summed E-state index contributed by atoms with van der Waals surface area (Å²) in [6.07, 6.45) is 1.89. The van der Waals surface area contributed by atoms with Crippen LogP contribution in [0.4, 0.5) is 0 Å². The van der Waals surface area contributed by atoms with Gasteiger partial charge in [-0.1, -0.05) is 0 Å². The Morgan fingerprint density at radius 3 is 2.87 bits per heavy atom. The summed E-state index contributed by atoms with van der Waals surface area (Å²) >= 11 is 0. The number of carbonyl (C=O) groups is 1. The molecule has 0 unspecified atom stereocenters. The van der Waals surface area contributed by atoms with Crippen LogP contribution in [0.1, 0.15) is 30.6 Å². The number of carbonyl (C=O) groups excluding carboxylic acids is 1. The van der Waals surface area contributed by atoms with Gasteiger partial charge in [0.15, 0.2) is 0 Å². The topological polar surface area (TPSA) is 70.1 Å². The molecule has 0 saturated carbocycles. The third-order valence-corrected chi connectivity index (χ3v) is 2.36. The average molecular weight is 211 g/mol. The molecule has 1 rings (SSSR count). The molecule has 1 aromatic heterocycles. The minimum atomic E-state index is -0.335. The fourth-order valence-corrected chi connectivity index (χ4v) is 1.39. The zero-order chi connectivity index (χ0) is 11.4. The second kappa shape index (κ2) is 4.93. The Bertz CT molecular complexity index is 346. The van der Waals surface area contributed by atoms with Crippen molar-refractivity contribution in [3.05, 3.63) is 17.5 Å². The van der Waals surface area contributed by atoms with E-state index in [1.54, 1.807) is 17.8 Å². The lowest BCUT2D eigenvalue weighted by atomic mass is 10.1. The van der Waals surface area contributed by atoms with Crippen molar-refractivity contribution in [3.8, 4) is 0 Å². The molecule has 0 saturated heterocycles. The van der Waals surface area contributed by atoms with E-state index in [-0.39, 0.29) is 18.4 Å². The van der Waals surface area contributed by atoms with Crippen LogP contribution in [0, 0.1) is 6.92 Å². The highest BCUT2D eigenvalue weighted by Crippen LogP contribution is 2.17. The van der Waals surface area contributed by atoms with Gasteiger partial charge in [0, 0.05) is 24.3 Å². The first-order valence-corrected chi connectivity index (χ1v) is 4.96. The zero-order valence-corrected chi connectivity index (χ0v) is 9.36. The van der Waals surface area contributed by atoms with Gasteiger partial charge < -0.3 is 10.5 Å². The molecule has 0 aliphatic carbocycles. The average Bonchev–Trinajstić information content (AvgIpc) is 2.48. The first-order chi connectivity index (χ1) is 7.06. The van der Waals surface area contributed by atoms with Crippen LogP contribution in [0.5, 0.6) is 0 Å². The van der Waals surface area contributed by atoms with Gasteiger partial charge in [0.2, 0.25) is 0 Å². The lowest BCUT2D eigenvalue weighted by molar-refractivity contribution is -0.143. The van der Waals surface area contributed by atoms with E-state index in [0.717, 1.165) is 11.3 Å². The molecule has 1 aromatic rings. The summed E-state index contributed by atoms with van der Waals surface area (Å²) in [5.41, 5.74) is 7.76. The minimum absolute atomic E-state index is 0.195. The van der Waals surface area contributed by atoms with Crippen LogP contribution in [0.15, 0.2) is 6.20 Å². The van der Waals surface area contributed by atoms with Gasteiger partial charge in [0.05, 0.1) is 19.2 Å². The lowest BCUT2D eigenvalue weighted by Crippen LogP contribution is -2.17. The largest absolute Gasteiger partial charge is 0.466 e. The zero-order valence-electron chi connectivity index (χ0n) is 9.36. The normalized spacial score (nSPS) is 12.5. The lowest BCUT2D eigenvalue weighted by Gasteiger charge is -2.10. The SMILES string of the molecule is CCOC(=O)C[C@H](N)c1cnn(C)c1C. The molecule has 0 aromatic carbocycles. The van der Waals surface area contributed by atoms with Crippen LogP contribution >= 0.6 is 0 Å². The highest BCUT2D eigenvalue weighted by atomic mass is 16.5. The summed E-state index contributed by atoms with van der Waals surface area (Å²) in [4.78, 5) is 11.2. The van der Waals surface area contributed by atoms with Crippen LogP contribution in [0.3, 0.4) is 0 Å². The first kappa shape index (κ1) is 11.7. The molecule has 2 N–H and O–H groups in total. The van der Waals surface area contributed by atoms with E-state index in [9.17, 15) is 4.79 Å². The van der Waals surface area contributed by atoms with Crippen LogP contribution < -0.4 is 5.73 Å². The van der Waals surface area contributed by atoms with Gasteiger partial charge in [-0.2, -0.15) is 5.10 Å². The molecule has 0 spiro atoms. The fraction of sp³-hybridized carbons (Fsp3) is 0.600. The maximum atomic E-state index is 11.2. The van der Waals surface area contributed by atoms with E-state index >= 15 is 0 Å². The molecule has 5 heteroatoms. The van der Waals surface area contributed by atoms with Crippen molar-refractivity contribution in [2.75, 3.05) is 6.61 Å². The summed E-state index contributed by atoms with van der Waals surface area (Å²) in [6.45, 7) is 4.09. The molecule has 1 atom stereocenters. The predicted octanol–water partition coefficient (Wildman–Crippen LogP) is 0.682. The van der Waals surface area contributed by atoms with Crippen molar-refractivity contribution in [1.82, 2.24) is 9.78 Å². The van der Waals surface area contributed by atoms with E-state index in [1.165, 1.54) is 0 Å². The van der Waals surface area contributed by atoms with Crippen molar-refractivity contribution in [2.24, 2.45) is 12.8 Å². The molecule has 0 bridgehead atoms. The second-order valence-electron chi connectivity index (χ2n) is 3.42. The Hall–Kier alpha value is -1.36. The Morgan fingerprint density at radius 1 is 1.73 bits per heavy atom. The summed E-state index contributed by atoms with van der Waals surface area (Å²) < 4.78 is 6.57. The van der Waals surface area contributed by atoms with Crippen LogP contribution in [0.2, 0.25) is 0 Å². The van der Waals surface area contributed by atoms with Gasteiger partial charge >= 0.3 is 5.97 Å². The third-order valence-electron chi connectivity index (χ3n) is 2.36. The van der Waals surface area contributed by atoms with E-state index < -0.39 is 0 Å². The molecule has 0 aliphatic rings. The quantitative estimate of drug-likeness (QED) is 0.743. The maximum Gasteiger partial charge on any atom is 0.307 e. The van der Waals surface area contributed by atoms with E-state index in [0.29, 0.717) is 6.61 Å². The van der Waals surface area contributed by atoms with Gasteiger partial charge in [-0.25, -0.2) is 0 Å². The molecule has 84 valence electrons. The monoisotopic (exact) mass is 211 g/mol. The van der Waals surface area contributed by atoms with Gasteiger partial charge in [-0.3, -0.25) is 9.48 Å². The van der Waals surface area contributed by atoms with Crippen molar-refractivity contribution >= 4 is 5.97 Å².